The van der Waals surface area contributed by atoms with Crippen LogP contribution in [-0.2, 0) is 9.47 Å². The van der Waals surface area contributed by atoms with Gasteiger partial charge in [-0.15, -0.1) is 0 Å². The molecule has 0 spiro atoms. The second kappa shape index (κ2) is 9.64. The molecule has 0 aromatic heterocycles. The van der Waals surface area contributed by atoms with E-state index in [1.165, 1.54) is 44.9 Å². The third-order valence-corrected chi connectivity index (χ3v) is 5.80. The van der Waals surface area contributed by atoms with Crippen molar-refractivity contribution < 1.29 is 9.47 Å². The first-order chi connectivity index (χ1) is 11.2. The Hall–Kier alpha value is -0.590. The van der Waals surface area contributed by atoms with Crippen LogP contribution in [0.2, 0.25) is 0 Å². The normalized spacial score (nSPS) is 34.9. The summed E-state index contributed by atoms with van der Waals surface area (Å²) < 4.78 is 12.1. The van der Waals surface area contributed by atoms with Crippen molar-refractivity contribution in [2.24, 2.45) is 17.3 Å². The molecule has 2 fully saturated rings. The largest absolute Gasteiger partial charge is 0.351 e. The Labute approximate surface area is 142 Å². The van der Waals surface area contributed by atoms with Gasteiger partial charge in [0.15, 0.2) is 6.29 Å². The first-order valence-electron chi connectivity index (χ1n) is 9.88. The molecule has 3 nitrogen and oxygen atoms in total. The lowest BCUT2D eigenvalue weighted by molar-refractivity contribution is -0.247. The lowest BCUT2D eigenvalue weighted by atomic mass is 9.69. The van der Waals surface area contributed by atoms with Gasteiger partial charge in [0.2, 0.25) is 0 Å². The van der Waals surface area contributed by atoms with E-state index in [2.05, 4.69) is 19.9 Å². The Morgan fingerprint density at radius 3 is 2.17 bits per heavy atom. The molecule has 0 radical (unpaired) electrons. The monoisotopic (exact) mass is 321 g/mol. The first-order valence-corrected chi connectivity index (χ1v) is 9.88. The second-order valence-electron chi connectivity index (χ2n) is 7.71. The van der Waals surface area contributed by atoms with E-state index in [1.807, 2.05) is 0 Å². The van der Waals surface area contributed by atoms with Crippen LogP contribution in [0.15, 0.2) is 0 Å². The summed E-state index contributed by atoms with van der Waals surface area (Å²) >= 11 is 0. The van der Waals surface area contributed by atoms with Gasteiger partial charge in [-0.1, -0.05) is 52.4 Å². The van der Waals surface area contributed by atoms with Crippen molar-refractivity contribution in [3.8, 4) is 6.07 Å². The van der Waals surface area contributed by atoms with Gasteiger partial charge in [-0.05, 0) is 38.0 Å². The lowest BCUT2D eigenvalue weighted by Gasteiger charge is -2.42. The van der Waals surface area contributed by atoms with Crippen molar-refractivity contribution in [3.05, 3.63) is 0 Å². The molecule has 23 heavy (non-hydrogen) atoms. The molecule has 1 aliphatic carbocycles. The highest BCUT2D eigenvalue weighted by atomic mass is 16.7. The third kappa shape index (κ3) is 5.19. The average molecular weight is 322 g/mol. The van der Waals surface area contributed by atoms with E-state index in [4.69, 9.17) is 9.47 Å². The van der Waals surface area contributed by atoms with Gasteiger partial charge in [0.25, 0.3) is 0 Å². The van der Waals surface area contributed by atoms with Crippen LogP contribution < -0.4 is 0 Å². The fourth-order valence-electron chi connectivity index (χ4n) is 4.18. The molecule has 132 valence electrons. The summed E-state index contributed by atoms with van der Waals surface area (Å²) in [6, 6.07) is 2.57. The molecule has 2 aliphatic rings. The highest BCUT2D eigenvalue weighted by molar-refractivity contribution is 5.04. The van der Waals surface area contributed by atoms with Crippen LogP contribution in [0.25, 0.3) is 0 Å². The summed E-state index contributed by atoms with van der Waals surface area (Å²) in [5, 5.41) is 9.77. The molecule has 1 saturated heterocycles. The van der Waals surface area contributed by atoms with E-state index in [0.29, 0.717) is 5.92 Å². The zero-order chi connectivity index (χ0) is 16.5. The van der Waals surface area contributed by atoms with Gasteiger partial charge < -0.3 is 9.47 Å². The van der Waals surface area contributed by atoms with E-state index in [9.17, 15) is 5.26 Å². The Morgan fingerprint density at radius 1 is 0.913 bits per heavy atom. The zero-order valence-electron chi connectivity index (χ0n) is 15.2. The highest BCUT2D eigenvalue weighted by Gasteiger charge is 2.45. The Balaban J connectivity index is 1.76. The molecule has 0 unspecified atom stereocenters. The minimum Gasteiger partial charge on any atom is -0.351 e. The summed E-state index contributed by atoms with van der Waals surface area (Å²) in [6.45, 7) is 6.05. The zero-order valence-corrected chi connectivity index (χ0v) is 15.2. The summed E-state index contributed by atoms with van der Waals surface area (Å²) in [5.41, 5.74) is -0.391. The van der Waals surface area contributed by atoms with Crippen molar-refractivity contribution >= 4 is 0 Å². The first kappa shape index (κ1) is 18.7. The number of nitrogens with zero attached hydrogens (tertiary/aromatic N) is 1. The fourth-order valence-corrected chi connectivity index (χ4v) is 4.18. The summed E-state index contributed by atoms with van der Waals surface area (Å²) in [6.07, 6.45) is 12.9. The minimum atomic E-state index is -0.391. The number of ether oxygens (including phenoxy) is 2. The number of nitriles is 1. The molecule has 0 aromatic carbocycles. The maximum atomic E-state index is 9.77. The van der Waals surface area contributed by atoms with Crippen molar-refractivity contribution in [1.29, 1.82) is 5.26 Å². The summed E-state index contributed by atoms with van der Waals surface area (Å²) in [4.78, 5) is 0. The SMILES string of the molecule is CCCCCCC1COC([C@]2(C#N)CC[C@@H](CCC)CC2)OC1. The van der Waals surface area contributed by atoms with Gasteiger partial charge in [0, 0.05) is 5.92 Å². The smallest absolute Gasteiger partial charge is 0.176 e. The van der Waals surface area contributed by atoms with E-state index >= 15 is 0 Å². The van der Waals surface area contributed by atoms with Crippen LogP contribution in [0.4, 0.5) is 0 Å². The van der Waals surface area contributed by atoms with E-state index < -0.39 is 5.41 Å². The topological polar surface area (TPSA) is 42.2 Å². The quantitative estimate of drug-likeness (QED) is 0.558. The van der Waals surface area contributed by atoms with Gasteiger partial charge >= 0.3 is 0 Å². The van der Waals surface area contributed by atoms with Crippen LogP contribution in [0.3, 0.4) is 0 Å². The molecule has 0 atom stereocenters. The van der Waals surface area contributed by atoms with Crippen LogP contribution in [0, 0.1) is 28.6 Å². The minimum absolute atomic E-state index is 0.290. The average Bonchev–Trinajstić information content (AvgIpc) is 2.60. The lowest BCUT2D eigenvalue weighted by Crippen LogP contribution is -2.45. The number of hydrogen-bond acceptors (Lipinski definition) is 3. The van der Waals surface area contributed by atoms with Gasteiger partial charge in [-0.2, -0.15) is 5.26 Å². The van der Waals surface area contributed by atoms with E-state index in [-0.39, 0.29) is 6.29 Å². The molecule has 1 heterocycles. The number of unbranched alkanes of at least 4 members (excludes halogenated alkanes) is 3. The Morgan fingerprint density at radius 2 is 1.61 bits per heavy atom. The van der Waals surface area contributed by atoms with E-state index in [1.54, 1.807) is 0 Å². The maximum absolute atomic E-state index is 9.77. The van der Waals surface area contributed by atoms with Gasteiger partial charge in [-0.3, -0.25) is 0 Å². The van der Waals surface area contributed by atoms with Gasteiger partial charge in [-0.25, -0.2) is 0 Å². The molecule has 0 bridgehead atoms. The molecule has 2 rings (SSSR count). The number of rotatable bonds is 8. The fraction of sp³-hybridized carbons (Fsp3) is 0.950. The predicted octanol–water partition coefficient (Wildman–Crippen LogP) is 5.45. The highest BCUT2D eigenvalue weighted by Crippen LogP contribution is 2.45. The molecule has 3 heteroatoms. The van der Waals surface area contributed by atoms with E-state index in [0.717, 1.165) is 44.8 Å². The summed E-state index contributed by atoms with van der Waals surface area (Å²) in [5.74, 6) is 1.33. The van der Waals surface area contributed by atoms with Gasteiger partial charge in [0.1, 0.15) is 5.41 Å². The van der Waals surface area contributed by atoms with Crippen molar-refractivity contribution in [2.45, 2.75) is 90.8 Å². The summed E-state index contributed by atoms with van der Waals surface area (Å²) in [7, 11) is 0. The molecular weight excluding hydrogens is 286 g/mol. The second-order valence-corrected chi connectivity index (χ2v) is 7.71. The Kier molecular flexibility index (Phi) is 7.86. The standard InChI is InChI=1S/C20H35NO2/c1-3-5-6-7-9-18-14-22-19(23-15-18)20(16-21)12-10-17(8-4-2)11-13-20/h17-19H,3-15H2,1-2H3/t17-,18?,19?,20-. The molecule has 0 amide bonds. The predicted molar refractivity (Wildman–Crippen MR) is 92.9 cm³/mol. The molecule has 1 aliphatic heterocycles. The van der Waals surface area contributed by atoms with Crippen LogP contribution >= 0.6 is 0 Å². The molecule has 1 saturated carbocycles. The van der Waals surface area contributed by atoms with Gasteiger partial charge in [0.05, 0.1) is 19.3 Å². The third-order valence-electron chi connectivity index (χ3n) is 5.80. The van der Waals surface area contributed by atoms with Crippen LogP contribution in [0.1, 0.15) is 84.5 Å². The number of hydrogen-bond donors (Lipinski definition) is 0. The van der Waals surface area contributed by atoms with Crippen molar-refractivity contribution in [1.82, 2.24) is 0 Å². The van der Waals surface area contributed by atoms with Crippen LogP contribution in [-0.4, -0.2) is 19.5 Å². The molecule has 0 aromatic rings. The van der Waals surface area contributed by atoms with Crippen molar-refractivity contribution in [3.63, 3.8) is 0 Å². The maximum Gasteiger partial charge on any atom is 0.176 e. The van der Waals surface area contributed by atoms with Crippen molar-refractivity contribution in [2.75, 3.05) is 13.2 Å². The molecular formula is C20H35NO2. The van der Waals surface area contributed by atoms with Crippen LogP contribution in [0.5, 0.6) is 0 Å². The Bertz CT molecular complexity index is 360. The molecule has 0 N–H and O–H groups in total.